The topological polar surface area (TPSA) is 74.0 Å². The molecule has 0 saturated heterocycles. The van der Waals surface area contributed by atoms with Crippen molar-refractivity contribution >= 4 is 22.6 Å². The van der Waals surface area contributed by atoms with E-state index in [1.165, 1.54) is 17.3 Å². The minimum Gasteiger partial charge on any atom is -0.388 e. The molecule has 6 heteroatoms. The molecular formula is C27H28N2O2S2. The molecule has 3 atom stereocenters. The summed E-state index contributed by atoms with van der Waals surface area (Å²) >= 11 is 1.40. The van der Waals surface area contributed by atoms with Gasteiger partial charge in [0, 0.05) is 33.9 Å². The molecule has 1 N–H and O–H groups in total. The molecule has 1 aliphatic rings. The normalized spacial score (nSPS) is 21.3. The zero-order valence-corrected chi connectivity index (χ0v) is 20.6. The maximum absolute atomic E-state index is 12.3. The SMILES string of the molecule is Cc1ccc(-c2cc(-c3ccccc3)c(C#N)c(SC[C@@]3(O)CCCC[C@@H]3[S@](C)=O)n2)cc1. The molecule has 0 radical (unpaired) electrons. The van der Waals surface area contributed by atoms with E-state index >= 15 is 0 Å². The van der Waals surface area contributed by atoms with Crippen LogP contribution in [0.2, 0.25) is 0 Å². The Hall–Kier alpha value is -2.46. The number of aryl methyl sites for hydroxylation is 1. The van der Waals surface area contributed by atoms with E-state index < -0.39 is 16.4 Å². The van der Waals surface area contributed by atoms with Gasteiger partial charge in [-0.2, -0.15) is 5.26 Å². The van der Waals surface area contributed by atoms with Crippen LogP contribution in [0.15, 0.2) is 65.7 Å². The molecule has 1 heterocycles. The lowest BCUT2D eigenvalue weighted by molar-refractivity contribution is 0.0326. The molecule has 1 fully saturated rings. The molecule has 2 aromatic carbocycles. The van der Waals surface area contributed by atoms with Crippen LogP contribution >= 0.6 is 11.8 Å². The van der Waals surface area contributed by atoms with E-state index in [0.29, 0.717) is 22.8 Å². The fourth-order valence-electron chi connectivity index (χ4n) is 4.48. The summed E-state index contributed by atoms with van der Waals surface area (Å²) in [5.41, 5.74) is 4.21. The minimum absolute atomic E-state index is 0.252. The molecule has 0 bridgehead atoms. The van der Waals surface area contributed by atoms with Crippen molar-refractivity contribution in [1.29, 1.82) is 5.26 Å². The summed E-state index contributed by atoms with van der Waals surface area (Å²) in [6.45, 7) is 2.05. The van der Waals surface area contributed by atoms with Crippen molar-refractivity contribution in [3.8, 4) is 28.5 Å². The van der Waals surface area contributed by atoms with Crippen LogP contribution in [0.4, 0.5) is 0 Å². The van der Waals surface area contributed by atoms with Crippen LogP contribution in [0.3, 0.4) is 0 Å². The van der Waals surface area contributed by atoms with Crippen LogP contribution in [0.25, 0.3) is 22.4 Å². The minimum atomic E-state index is -1.11. The first-order valence-electron chi connectivity index (χ1n) is 11.2. The summed E-state index contributed by atoms with van der Waals surface area (Å²) in [6, 6.07) is 22.4. The second-order valence-electron chi connectivity index (χ2n) is 8.70. The summed E-state index contributed by atoms with van der Waals surface area (Å²) in [4.78, 5) is 4.87. The molecule has 0 unspecified atom stereocenters. The number of hydrogen-bond donors (Lipinski definition) is 1. The standard InChI is InChI=1S/C27H28N2O2S2/c1-19-11-13-21(14-12-19)24-16-22(20-8-4-3-5-9-20)23(17-28)26(29-24)32-18-27(30)15-7-6-10-25(27)33(2)31/h3-5,8-9,11-14,16,25,30H,6-7,10,15,18H2,1-2H3/t25-,27-,33-/m0/s1. The Kier molecular flexibility index (Phi) is 7.33. The van der Waals surface area contributed by atoms with Crippen LogP contribution in [-0.4, -0.2) is 37.2 Å². The second kappa shape index (κ2) is 10.2. The van der Waals surface area contributed by atoms with E-state index in [9.17, 15) is 14.6 Å². The van der Waals surface area contributed by atoms with Crippen LogP contribution in [0.5, 0.6) is 0 Å². The van der Waals surface area contributed by atoms with Gasteiger partial charge >= 0.3 is 0 Å². The molecule has 4 rings (SSSR count). The predicted molar refractivity (Wildman–Crippen MR) is 137 cm³/mol. The lowest BCUT2D eigenvalue weighted by Gasteiger charge is -2.38. The highest BCUT2D eigenvalue weighted by Crippen LogP contribution is 2.39. The largest absolute Gasteiger partial charge is 0.388 e. The Bertz CT molecular complexity index is 1190. The molecule has 1 aromatic heterocycles. The van der Waals surface area contributed by atoms with E-state index in [-0.39, 0.29) is 5.25 Å². The first-order chi connectivity index (χ1) is 15.9. The van der Waals surface area contributed by atoms with Gasteiger partial charge < -0.3 is 5.11 Å². The third-order valence-electron chi connectivity index (χ3n) is 6.32. The lowest BCUT2D eigenvalue weighted by atomic mass is 9.86. The highest BCUT2D eigenvalue weighted by atomic mass is 32.2. The summed E-state index contributed by atoms with van der Waals surface area (Å²) in [5, 5.41) is 21.8. The molecular weight excluding hydrogens is 448 g/mol. The average Bonchev–Trinajstić information content (AvgIpc) is 2.83. The highest BCUT2D eigenvalue weighted by Gasteiger charge is 2.41. The highest BCUT2D eigenvalue weighted by molar-refractivity contribution is 7.99. The average molecular weight is 477 g/mol. The summed E-state index contributed by atoms with van der Waals surface area (Å²) in [7, 11) is -1.11. The Morgan fingerprint density at radius 2 is 1.88 bits per heavy atom. The first kappa shape index (κ1) is 23.7. The van der Waals surface area contributed by atoms with E-state index in [0.717, 1.165) is 41.6 Å². The molecule has 33 heavy (non-hydrogen) atoms. The molecule has 1 saturated carbocycles. The third kappa shape index (κ3) is 5.22. The van der Waals surface area contributed by atoms with Crippen molar-refractivity contribution in [1.82, 2.24) is 4.98 Å². The van der Waals surface area contributed by atoms with E-state index in [2.05, 4.69) is 18.2 Å². The van der Waals surface area contributed by atoms with Crippen LogP contribution in [0.1, 0.15) is 36.8 Å². The first-order valence-corrected chi connectivity index (χ1v) is 13.8. The molecule has 3 aromatic rings. The number of benzene rings is 2. The number of aromatic nitrogens is 1. The van der Waals surface area contributed by atoms with Crippen molar-refractivity contribution in [2.45, 2.75) is 48.5 Å². The molecule has 0 spiro atoms. The van der Waals surface area contributed by atoms with Gasteiger partial charge in [-0.1, -0.05) is 73.0 Å². The predicted octanol–water partition coefficient (Wildman–Crippen LogP) is 5.74. The monoisotopic (exact) mass is 476 g/mol. The van der Waals surface area contributed by atoms with Gasteiger partial charge in [0.25, 0.3) is 0 Å². The number of thioether (sulfide) groups is 1. The fraction of sp³-hybridized carbons (Fsp3) is 0.333. The number of pyridine rings is 1. The summed E-state index contributed by atoms with van der Waals surface area (Å²) in [5.74, 6) is 0.366. The zero-order valence-electron chi connectivity index (χ0n) is 19.0. The fourth-order valence-corrected chi connectivity index (χ4v) is 7.09. The molecule has 4 nitrogen and oxygen atoms in total. The van der Waals surface area contributed by atoms with Crippen LogP contribution in [-0.2, 0) is 10.8 Å². The van der Waals surface area contributed by atoms with E-state index in [4.69, 9.17) is 4.98 Å². The number of nitrogens with zero attached hydrogens (tertiary/aromatic N) is 2. The zero-order chi connectivity index (χ0) is 23.4. The van der Waals surface area contributed by atoms with Crippen LogP contribution in [0, 0.1) is 18.3 Å². The van der Waals surface area contributed by atoms with Gasteiger partial charge in [0.15, 0.2) is 0 Å². The van der Waals surface area contributed by atoms with Gasteiger partial charge in [-0.3, -0.25) is 4.21 Å². The van der Waals surface area contributed by atoms with Gasteiger partial charge in [0.2, 0.25) is 0 Å². The molecule has 170 valence electrons. The van der Waals surface area contributed by atoms with Crippen molar-refractivity contribution < 1.29 is 9.32 Å². The lowest BCUT2D eigenvalue weighted by Crippen LogP contribution is -2.49. The second-order valence-corrected chi connectivity index (χ2v) is 11.2. The Morgan fingerprint density at radius 1 is 1.15 bits per heavy atom. The maximum atomic E-state index is 12.3. The molecule has 0 aliphatic heterocycles. The third-order valence-corrected chi connectivity index (χ3v) is 9.00. The number of nitriles is 1. The Balaban J connectivity index is 1.77. The number of hydrogen-bond acceptors (Lipinski definition) is 5. The van der Waals surface area contributed by atoms with Gasteiger partial charge in [0.1, 0.15) is 11.1 Å². The Labute approximate surface area is 202 Å². The summed E-state index contributed by atoms with van der Waals surface area (Å²) < 4.78 is 12.3. The van der Waals surface area contributed by atoms with Gasteiger partial charge in [-0.15, -0.1) is 11.8 Å². The number of aliphatic hydroxyl groups is 1. The Morgan fingerprint density at radius 3 is 2.55 bits per heavy atom. The van der Waals surface area contributed by atoms with Crippen molar-refractivity contribution in [2.24, 2.45) is 0 Å². The van der Waals surface area contributed by atoms with Gasteiger partial charge in [-0.05, 0) is 31.4 Å². The quantitative estimate of drug-likeness (QED) is 0.459. The molecule has 1 aliphatic carbocycles. The smallest absolute Gasteiger partial charge is 0.115 e. The summed E-state index contributed by atoms with van der Waals surface area (Å²) in [6.07, 6.45) is 4.96. The molecule has 0 amide bonds. The van der Waals surface area contributed by atoms with Gasteiger partial charge in [-0.25, -0.2) is 4.98 Å². The van der Waals surface area contributed by atoms with Crippen molar-refractivity contribution in [3.63, 3.8) is 0 Å². The maximum Gasteiger partial charge on any atom is 0.115 e. The van der Waals surface area contributed by atoms with Crippen molar-refractivity contribution in [3.05, 3.63) is 71.8 Å². The number of rotatable bonds is 6. The van der Waals surface area contributed by atoms with Gasteiger partial charge in [0.05, 0.1) is 22.1 Å². The van der Waals surface area contributed by atoms with Crippen LogP contribution < -0.4 is 0 Å². The van der Waals surface area contributed by atoms with Crippen molar-refractivity contribution in [2.75, 3.05) is 12.0 Å². The van der Waals surface area contributed by atoms with E-state index in [1.807, 2.05) is 55.5 Å². The van der Waals surface area contributed by atoms with E-state index in [1.54, 1.807) is 6.26 Å².